The molecule has 1 atom stereocenters. The van der Waals surface area contributed by atoms with Gasteiger partial charge in [0.15, 0.2) is 0 Å². The summed E-state index contributed by atoms with van der Waals surface area (Å²) < 4.78 is 0. The molecule has 1 heterocycles. The molecule has 1 unspecified atom stereocenters. The number of nitrogens with one attached hydrogen (secondary N) is 2. The Kier molecular flexibility index (Phi) is 4.12. The summed E-state index contributed by atoms with van der Waals surface area (Å²) in [5, 5.41) is 9.23. The molecule has 0 aromatic carbocycles. The van der Waals surface area contributed by atoms with Crippen molar-refractivity contribution in [3.63, 3.8) is 0 Å². The molecule has 0 aliphatic rings. The van der Waals surface area contributed by atoms with Gasteiger partial charge < -0.3 is 11.1 Å². The molecule has 5 nitrogen and oxygen atoms in total. The fraction of sp³-hybridized carbons (Fsp3) is 0.556. The van der Waals surface area contributed by atoms with Gasteiger partial charge in [0.25, 0.3) is 0 Å². The quantitative estimate of drug-likeness (QED) is 0.627. The van der Waals surface area contributed by atoms with Crippen molar-refractivity contribution in [1.82, 2.24) is 15.5 Å². The molecule has 0 bridgehead atoms. The van der Waals surface area contributed by atoms with Crippen LogP contribution in [-0.4, -0.2) is 22.1 Å². The molecule has 0 saturated heterocycles. The highest BCUT2D eigenvalue weighted by atomic mass is 16.1. The third kappa shape index (κ3) is 3.57. The van der Waals surface area contributed by atoms with Crippen LogP contribution in [0.5, 0.6) is 0 Å². The number of H-pyrrole nitrogens is 1. The minimum atomic E-state index is -0.0423. The molecule has 1 amide bonds. The van der Waals surface area contributed by atoms with Gasteiger partial charge in [0, 0.05) is 30.8 Å². The topological polar surface area (TPSA) is 83.8 Å². The van der Waals surface area contributed by atoms with E-state index in [1.165, 1.54) is 0 Å². The lowest BCUT2D eigenvalue weighted by atomic mass is 10.1. The van der Waals surface area contributed by atoms with E-state index in [0.29, 0.717) is 13.0 Å². The van der Waals surface area contributed by atoms with E-state index in [2.05, 4.69) is 15.5 Å². The van der Waals surface area contributed by atoms with Crippen LogP contribution >= 0.6 is 0 Å². The van der Waals surface area contributed by atoms with Crippen LogP contribution in [-0.2, 0) is 11.3 Å². The van der Waals surface area contributed by atoms with Crippen molar-refractivity contribution >= 4 is 5.91 Å². The lowest BCUT2D eigenvalue weighted by molar-refractivity contribution is -0.121. The number of nitrogens with two attached hydrogens (primary N) is 1. The Bertz CT molecular complexity index is 270. The fourth-order valence-electron chi connectivity index (χ4n) is 1.03. The molecule has 0 fully saturated rings. The zero-order chi connectivity index (χ0) is 10.4. The Balaban J connectivity index is 2.22. The molecular weight excluding hydrogens is 180 g/mol. The second kappa shape index (κ2) is 5.39. The van der Waals surface area contributed by atoms with Gasteiger partial charge in [0.1, 0.15) is 0 Å². The van der Waals surface area contributed by atoms with Crippen LogP contribution in [0.25, 0.3) is 0 Å². The normalized spacial score (nSPS) is 12.4. The summed E-state index contributed by atoms with van der Waals surface area (Å²) in [4.78, 5) is 11.3. The average Bonchev–Trinajstić information content (AvgIpc) is 2.67. The van der Waals surface area contributed by atoms with Gasteiger partial charge in [0.2, 0.25) is 5.91 Å². The van der Waals surface area contributed by atoms with E-state index < -0.39 is 0 Å². The number of hydrogen-bond acceptors (Lipinski definition) is 3. The highest BCUT2D eigenvalue weighted by molar-refractivity contribution is 5.76. The van der Waals surface area contributed by atoms with Crippen LogP contribution < -0.4 is 11.1 Å². The predicted molar refractivity (Wildman–Crippen MR) is 53.3 cm³/mol. The van der Waals surface area contributed by atoms with Gasteiger partial charge in [0.05, 0.1) is 6.20 Å². The first kappa shape index (κ1) is 10.7. The van der Waals surface area contributed by atoms with Crippen molar-refractivity contribution in [2.45, 2.75) is 32.4 Å². The summed E-state index contributed by atoms with van der Waals surface area (Å²) in [5.41, 5.74) is 6.60. The summed E-state index contributed by atoms with van der Waals surface area (Å²) in [6.07, 6.45) is 4.63. The third-order valence-electron chi connectivity index (χ3n) is 2.02. The number of nitrogens with zero attached hydrogens (tertiary/aromatic N) is 1. The van der Waals surface area contributed by atoms with Crippen LogP contribution in [0.15, 0.2) is 12.4 Å². The Morgan fingerprint density at radius 3 is 3.14 bits per heavy atom. The highest BCUT2D eigenvalue weighted by Crippen LogP contribution is 1.95. The van der Waals surface area contributed by atoms with Gasteiger partial charge in [-0.2, -0.15) is 5.10 Å². The van der Waals surface area contributed by atoms with E-state index in [9.17, 15) is 4.79 Å². The zero-order valence-corrected chi connectivity index (χ0v) is 8.29. The molecule has 0 radical (unpaired) electrons. The van der Waals surface area contributed by atoms with Crippen LogP contribution in [0, 0.1) is 0 Å². The maximum absolute atomic E-state index is 11.3. The zero-order valence-electron chi connectivity index (χ0n) is 8.29. The molecule has 1 aromatic rings. The number of rotatable bonds is 5. The summed E-state index contributed by atoms with van der Waals surface area (Å²) in [5.74, 6) is -0.0134. The molecule has 0 spiro atoms. The number of aromatic amines is 1. The first-order chi connectivity index (χ1) is 6.72. The molecule has 1 rings (SSSR count). The molecular formula is C9H16N4O. The summed E-state index contributed by atoms with van der Waals surface area (Å²) in [7, 11) is 0. The Morgan fingerprint density at radius 1 is 1.79 bits per heavy atom. The van der Waals surface area contributed by atoms with Gasteiger partial charge in [-0.1, -0.05) is 6.92 Å². The number of amides is 1. The Labute approximate surface area is 83.1 Å². The van der Waals surface area contributed by atoms with E-state index in [0.717, 1.165) is 12.0 Å². The van der Waals surface area contributed by atoms with Crippen molar-refractivity contribution in [3.05, 3.63) is 18.0 Å². The number of aromatic nitrogens is 2. The monoisotopic (exact) mass is 196 g/mol. The second-order valence-corrected chi connectivity index (χ2v) is 3.26. The van der Waals surface area contributed by atoms with Gasteiger partial charge in [-0.15, -0.1) is 0 Å². The minimum Gasteiger partial charge on any atom is -0.352 e. The van der Waals surface area contributed by atoms with Crippen molar-refractivity contribution in [2.75, 3.05) is 0 Å². The van der Waals surface area contributed by atoms with Crippen molar-refractivity contribution in [2.24, 2.45) is 5.73 Å². The molecule has 4 N–H and O–H groups in total. The van der Waals surface area contributed by atoms with Crippen molar-refractivity contribution in [3.8, 4) is 0 Å². The van der Waals surface area contributed by atoms with Crippen LogP contribution in [0.3, 0.4) is 0 Å². The lowest BCUT2D eigenvalue weighted by Crippen LogP contribution is -2.30. The number of carbonyl (C=O) groups is 1. The van der Waals surface area contributed by atoms with E-state index in [-0.39, 0.29) is 11.9 Å². The van der Waals surface area contributed by atoms with E-state index in [4.69, 9.17) is 5.73 Å². The van der Waals surface area contributed by atoms with E-state index in [1.807, 2.05) is 6.92 Å². The highest BCUT2D eigenvalue weighted by Gasteiger charge is 2.06. The van der Waals surface area contributed by atoms with Crippen LogP contribution in [0.4, 0.5) is 0 Å². The van der Waals surface area contributed by atoms with Crippen molar-refractivity contribution < 1.29 is 4.79 Å². The first-order valence-corrected chi connectivity index (χ1v) is 4.72. The standard InChI is InChI=1S/C9H16N4O/c1-2-8(10)3-9(14)11-4-7-5-12-13-6-7/h5-6,8H,2-4,10H2,1H3,(H,11,14)(H,12,13). The van der Waals surface area contributed by atoms with Gasteiger partial charge in [-0.05, 0) is 6.42 Å². The smallest absolute Gasteiger partial charge is 0.221 e. The maximum Gasteiger partial charge on any atom is 0.221 e. The summed E-state index contributed by atoms with van der Waals surface area (Å²) in [6.45, 7) is 2.47. The third-order valence-corrected chi connectivity index (χ3v) is 2.02. The molecule has 0 saturated carbocycles. The van der Waals surface area contributed by atoms with Crippen molar-refractivity contribution in [1.29, 1.82) is 0 Å². The first-order valence-electron chi connectivity index (χ1n) is 4.72. The summed E-state index contributed by atoms with van der Waals surface area (Å²) >= 11 is 0. The lowest BCUT2D eigenvalue weighted by Gasteiger charge is -2.08. The fourth-order valence-corrected chi connectivity index (χ4v) is 1.03. The molecule has 0 aliphatic heterocycles. The minimum absolute atomic E-state index is 0.0134. The van der Waals surface area contributed by atoms with Gasteiger partial charge in [-0.3, -0.25) is 9.89 Å². The molecule has 78 valence electrons. The maximum atomic E-state index is 11.3. The SMILES string of the molecule is CCC(N)CC(=O)NCc1cn[nH]c1. The van der Waals surface area contributed by atoms with E-state index >= 15 is 0 Å². The Morgan fingerprint density at radius 2 is 2.57 bits per heavy atom. The predicted octanol–water partition coefficient (Wildman–Crippen LogP) is 0.153. The second-order valence-electron chi connectivity index (χ2n) is 3.26. The van der Waals surface area contributed by atoms with Crippen LogP contribution in [0.1, 0.15) is 25.3 Å². The van der Waals surface area contributed by atoms with Crippen LogP contribution in [0.2, 0.25) is 0 Å². The molecule has 14 heavy (non-hydrogen) atoms. The van der Waals surface area contributed by atoms with E-state index in [1.54, 1.807) is 12.4 Å². The largest absolute Gasteiger partial charge is 0.352 e. The number of hydrogen-bond donors (Lipinski definition) is 3. The molecule has 5 heteroatoms. The molecule has 0 aliphatic carbocycles. The Hall–Kier alpha value is -1.36. The van der Waals surface area contributed by atoms with Gasteiger partial charge in [-0.25, -0.2) is 0 Å². The van der Waals surface area contributed by atoms with Gasteiger partial charge >= 0.3 is 0 Å². The molecule has 1 aromatic heterocycles. The average molecular weight is 196 g/mol. The summed E-state index contributed by atoms with van der Waals surface area (Å²) in [6, 6.07) is -0.0423. The number of carbonyl (C=O) groups excluding carboxylic acids is 1.